The van der Waals surface area contributed by atoms with Gasteiger partial charge in [0.2, 0.25) is 0 Å². The summed E-state index contributed by atoms with van der Waals surface area (Å²) < 4.78 is 17.3. The minimum Gasteiger partial charge on any atom is -0.468 e. The molecule has 0 aliphatic rings. The van der Waals surface area contributed by atoms with Gasteiger partial charge in [0.25, 0.3) is 0 Å². The summed E-state index contributed by atoms with van der Waals surface area (Å²) >= 11 is 0. The summed E-state index contributed by atoms with van der Waals surface area (Å²) in [7, 11) is 1.25. The number of rotatable bonds is 2. The van der Waals surface area contributed by atoms with E-state index in [0.29, 0.717) is 5.56 Å². The van der Waals surface area contributed by atoms with Crippen LogP contribution < -0.4 is 5.73 Å². The van der Waals surface area contributed by atoms with Crippen molar-refractivity contribution >= 4 is 5.97 Å². The normalized spacial score (nSPS) is 12.3. The van der Waals surface area contributed by atoms with E-state index in [4.69, 9.17) is 5.73 Å². The average Bonchev–Trinajstić information content (AvgIpc) is 2.19. The van der Waals surface area contributed by atoms with Crippen molar-refractivity contribution in [2.24, 2.45) is 5.73 Å². The lowest BCUT2D eigenvalue weighted by molar-refractivity contribution is -0.142. The van der Waals surface area contributed by atoms with Crippen molar-refractivity contribution in [3.05, 3.63) is 35.1 Å². The zero-order valence-corrected chi connectivity index (χ0v) is 8.08. The highest BCUT2D eigenvalue weighted by Crippen LogP contribution is 2.17. The van der Waals surface area contributed by atoms with Gasteiger partial charge in [0.15, 0.2) is 0 Å². The van der Waals surface area contributed by atoms with Gasteiger partial charge in [-0.05, 0) is 30.2 Å². The number of nitrogens with two attached hydrogens (primary N) is 1. The predicted octanol–water partition coefficient (Wildman–Crippen LogP) is 1.31. The van der Waals surface area contributed by atoms with Gasteiger partial charge in [0.05, 0.1) is 7.11 Å². The molecular weight excluding hydrogens is 185 g/mol. The van der Waals surface area contributed by atoms with Crippen LogP contribution >= 0.6 is 0 Å². The Morgan fingerprint density at radius 1 is 1.57 bits per heavy atom. The van der Waals surface area contributed by atoms with E-state index in [2.05, 4.69) is 4.74 Å². The van der Waals surface area contributed by atoms with Gasteiger partial charge in [0, 0.05) is 0 Å². The molecule has 1 aromatic rings. The maximum atomic E-state index is 12.9. The summed E-state index contributed by atoms with van der Waals surface area (Å²) in [6, 6.07) is 3.23. The Balaban J connectivity index is 3.05. The summed E-state index contributed by atoms with van der Waals surface area (Å²) in [5.74, 6) is -0.983. The molecule has 76 valence electrons. The molecule has 0 radical (unpaired) electrons. The summed E-state index contributed by atoms with van der Waals surface area (Å²) in [6.07, 6.45) is 0. The lowest BCUT2D eigenvalue weighted by Gasteiger charge is -2.12. The quantitative estimate of drug-likeness (QED) is 0.727. The monoisotopic (exact) mass is 197 g/mol. The molecule has 0 saturated carbocycles. The molecular formula is C10H12FNO2. The van der Waals surface area contributed by atoms with Crippen molar-refractivity contribution in [2.75, 3.05) is 7.11 Å². The van der Waals surface area contributed by atoms with Crippen molar-refractivity contribution in [3.63, 3.8) is 0 Å². The van der Waals surface area contributed by atoms with Crippen molar-refractivity contribution in [1.29, 1.82) is 0 Å². The average molecular weight is 197 g/mol. The molecule has 1 aromatic carbocycles. The summed E-state index contributed by atoms with van der Waals surface area (Å²) in [5.41, 5.74) is 6.80. The number of carbonyl (C=O) groups is 1. The highest BCUT2D eigenvalue weighted by molar-refractivity contribution is 5.77. The molecule has 0 aliphatic carbocycles. The fourth-order valence-corrected chi connectivity index (χ4v) is 1.20. The van der Waals surface area contributed by atoms with Crippen molar-refractivity contribution in [2.45, 2.75) is 13.0 Å². The minimum absolute atomic E-state index is 0.412. The van der Waals surface area contributed by atoms with Gasteiger partial charge in [-0.25, -0.2) is 4.39 Å². The third-order valence-electron chi connectivity index (χ3n) is 2.03. The van der Waals surface area contributed by atoms with E-state index in [-0.39, 0.29) is 0 Å². The Morgan fingerprint density at radius 3 is 2.79 bits per heavy atom. The van der Waals surface area contributed by atoms with E-state index in [1.165, 1.54) is 19.2 Å². The second-order valence-corrected chi connectivity index (χ2v) is 3.00. The standard InChI is InChI=1S/C10H12FNO2/c1-6-3-4-7(11)5-8(6)9(12)10(13)14-2/h3-5,9H,12H2,1-2H3/t9-/m1/s1. The van der Waals surface area contributed by atoms with Crippen LogP contribution in [0, 0.1) is 12.7 Å². The van der Waals surface area contributed by atoms with Crippen LogP contribution in [0.3, 0.4) is 0 Å². The number of carbonyl (C=O) groups excluding carboxylic acids is 1. The molecule has 0 spiro atoms. The van der Waals surface area contributed by atoms with Crippen LogP contribution in [-0.2, 0) is 9.53 Å². The Bertz CT molecular complexity index is 352. The van der Waals surface area contributed by atoms with E-state index in [0.717, 1.165) is 5.56 Å². The molecule has 1 rings (SSSR count). The number of ether oxygens (including phenoxy) is 1. The van der Waals surface area contributed by atoms with E-state index >= 15 is 0 Å². The molecule has 0 unspecified atom stereocenters. The zero-order chi connectivity index (χ0) is 10.7. The summed E-state index contributed by atoms with van der Waals surface area (Å²) in [5, 5.41) is 0. The molecule has 3 nitrogen and oxygen atoms in total. The fourth-order valence-electron chi connectivity index (χ4n) is 1.20. The van der Waals surface area contributed by atoms with Crippen LogP contribution in [0.2, 0.25) is 0 Å². The zero-order valence-electron chi connectivity index (χ0n) is 8.08. The summed E-state index contributed by atoms with van der Waals surface area (Å²) in [6.45, 7) is 1.76. The second kappa shape index (κ2) is 4.19. The Labute approximate surface area is 81.7 Å². The first kappa shape index (κ1) is 10.7. The van der Waals surface area contributed by atoms with Gasteiger partial charge in [-0.1, -0.05) is 6.07 Å². The fraction of sp³-hybridized carbons (Fsp3) is 0.300. The van der Waals surface area contributed by atoms with Gasteiger partial charge < -0.3 is 10.5 Å². The van der Waals surface area contributed by atoms with Crippen LogP contribution in [0.15, 0.2) is 18.2 Å². The maximum absolute atomic E-state index is 12.9. The van der Waals surface area contributed by atoms with Crippen LogP contribution in [0.4, 0.5) is 4.39 Å². The van der Waals surface area contributed by atoms with Gasteiger partial charge in [-0.3, -0.25) is 4.79 Å². The van der Waals surface area contributed by atoms with E-state index < -0.39 is 17.8 Å². The number of hydrogen-bond acceptors (Lipinski definition) is 3. The van der Waals surface area contributed by atoms with E-state index in [9.17, 15) is 9.18 Å². The molecule has 0 saturated heterocycles. The summed E-state index contributed by atoms with van der Waals surface area (Å²) in [4.78, 5) is 11.1. The van der Waals surface area contributed by atoms with Crippen LogP contribution in [-0.4, -0.2) is 13.1 Å². The molecule has 0 amide bonds. The number of benzene rings is 1. The minimum atomic E-state index is -0.921. The number of aryl methyl sites for hydroxylation is 1. The van der Waals surface area contributed by atoms with Gasteiger partial charge in [-0.15, -0.1) is 0 Å². The highest BCUT2D eigenvalue weighted by Gasteiger charge is 2.18. The lowest BCUT2D eigenvalue weighted by Crippen LogP contribution is -2.23. The van der Waals surface area contributed by atoms with Gasteiger partial charge in [-0.2, -0.15) is 0 Å². The Kier molecular flexibility index (Phi) is 3.19. The van der Waals surface area contributed by atoms with Gasteiger partial charge >= 0.3 is 5.97 Å². The van der Waals surface area contributed by atoms with Crippen LogP contribution in [0.25, 0.3) is 0 Å². The SMILES string of the molecule is COC(=O)[C@H](N)c1cc(F)ccc1C. The molecule has 14 heavy (non-hydrogen) atoms. The number of methoxy groups -OCH3 is 1. The maximum Gasteiger partial charge on any atom is 0.327 e. The van der Waals surface area contributed by atoms with Crippen molar-refractivity contribution in [3.8, 4) is 0 Å². The first-order valence-electron chi connectivity index (χ1n) is 4.15. The number of esters is 1. The Morgan fingerprint density at radius 2 is 2.21 bits per heavy atom. The third-order valence-corrected chi connectivity index (χ3v) is 2.03. The Hall–Kier alpha value is -1.42. The van der Waals surface area contributed by atoms with Crippen LogP contribution in [0.5, 0.6) is 0 Å². The topological polar surface area (TPSA) is 52.3 Å². The van der Waals surface area contributed by atoms with E-state index in [1.54, 1.807) is 13.0 Å². The smallest absolute Gasteiger partial charge is 0.327 e. The molecule has 1 atom stereocenters. The van der Waals surface area contributed by atoms with Gasteiger partial charge in [0.1, 0.15) is 11.9 Å². The molecule has 0 bridgehead atoms. The largest absolute Gasteiger partial charge is 0.468 e. The third kappa shape index (κ3) is 2.09. The highest BCUT2D eigenvalue weighted by atomic mass is 19.1. The molecule has 0 fully saturated rings. The number of halogens is 1. The molecule has 0 heterocycles. The molecule has 4 heteroatoms. The van der Waals surface area contributed by atoms with E-state index in [1.807, 2.05) is 0 Å². The molecule has 0 aliphatic heterocycles. The first-order chi connectivity index (χ1) is 6.56. The first-order valence-corrected chi connectivity index (χ1v) is 4.15. The predicted molar refractivity (Wildman–Crippen MR) is 50.1 cm³/mol. The second-order valence-electron chi connectivity index (χ2n) is 3.00. The molecule has 0 aromatic heterocycles. The number of hydrogen-bond donors (Lipinski definition) is 1. The molecule has 2 N–H and O–H groups in total. The van der Waals surface area contributed by atoms with Crippen LogP contribution in [0.1, 0.15) is 17.2 Å². The van der Waals surface area contributed by atoms with Crippen molar-refractivity contribution < 1.29 is 13.9 Å². The van der Waals surface area contributed by atoms with Crippen molar-refractivity contribution in [1.82, 2.24) is 0 Å². The lowest BCUT2D eigenvalue weighted by atomic mass is 10.0.